The fourth-order valence-electron chi connectivity index (χ4n) is 1.92. The van der Waals surface area contributed by atoms with Crippen LogP contribution in [0.15, 0.2) is 27.6 Å². The molecule has 3 rings (SSSR count). The van der Waals surface area contributed by atoms with Crippen molar-refractivity contribution in [3.8, 4) is 11.5 Å². The highest BCUT2D eigenvalue weighted by molar-refractivity contribution is 9.10. The molecule has 1 aliphatic heterocycles. The molecule has 1 aliphatic rings. The molecule has 3 heterocycles. The Labute approximate surface area is 111 Å². The number of aromatic nitrogens is 3. The van der Waals surface area contributed by atoms with E-state index in [-0.39, 0.29) is 5.56 Å². The first kappa shape index (κ1) is 11.6. The van der Waals surface area contributed by atoms with Gasteiger partial charge < -0.3 is 9.72 Å². The third-order valence-electron chi connectivity index (χ3n) is 2.81. The van der Waals surface area contributed by atoms with Gasteiger partial charge in [0.05, 0.1) is 24.5 Å². The highest BCUT2D eigenvalue weighted by Crippen LogP contribution is 2.23. The Morgan fingerprint density at radius 3 is 3.17 bits per heavy atom. The molecule has 0 atom stereocenters. The van der Waals surface area contributed by atoms with Gasteiger partial charge in [-0.15, -0.1) is 0 Å². The van der Waals surface area contributed by atoms with Crippen molar-refractivity contribution in [2.45, 2.75) is 13.0 Å². The molecule has 0 spiro atoms. The predicted octanol–water partition coefficient (Wildman–Crippen LogP) is 1.67. The summed E-state index contributed by atoms with van der Waals surface area (Å²) in [5, 5.41) is 0. The van der Waals surface area contributed by atoms with Crippen LogP contribution in [-0.2, 0) is 17.8 Å². The molecule has 6 heteroatoms. The maximum absolute atomic E-state index is 12.0. The number of fused-ring (bicyclic) bond motifs is 1. The van der Waals surface area contributed by atoms with Crippen LogP contribution in [0.2, 0.25) is 0 Å². The zero-order chi connectivity index (χ0) is 12.5. The standard InChI is InChI=1S/C12H10BrN3O2/c13-8-2-1-4-14-10(8)11-15-9-3-5-18-6-7(9)12(17)16-11/h1-2,4H,3,5-6H2,(H,15,16,17). The molecule has 1 N–H and O–H groups in total. The molecule has 0 saturated heterocycles. The number of hydrogen-bond acceptors (Lipinski definition) is 4. The van der Waals surface area contributed by atoms with Crippen molar-refractivity contribution in [1.29, 1.82) is 0 Å². The molecular formula is C12H10BrN3O2. The number of pyridine rings is 1. The number of rotatable bonds is 1. The molecule has 2 aromatic rings. The Kier molecular flexibility index (Phi) is 2.97. The topological polar surface area (TPSA) is 67.9 Å². The van der Waals surface area contributed by atoms with Gasteiger partial charge in [-0.25, -0.2) is 4.98 Å². The average Bonchev–Trinajstić information content (AvgIpc) is 2.39. The van der Waals surface area contributed by atoms with E-state index in [1.54, 1.807) is 6.20 Å². The lowest BCUT2D eigenvalue weighted by Gasteiger charge is -2.15. The van der Waals surface area contributed by atoms with Gasteiger partial charge in [-0.3, -0.25) is 9.78 Å². The Balaban J connectivity index is 2.17. The second-order valence-electron chi connectivity index (χ2n) is 3.98. The summed E-state index contributed by atoms with van der Waals surface area (Å²) in [4.78, 5) is 23.4. The van der Waals surface area contributed by atoms with E-state index in [0.29, 0.717) is 36.7 Å². The molecule has 0 fully saturated rings. The van der Waals surface area contributed by atoms with Gasteiger partial charge in [-0.1, -0.05) is 0 Å². The molecule has 0 radical (unpaired) electrons. The number of aromatic amines is 1. The summed E-state index contributed by atoms with van der Waals surface area (Å²) < 4.78 is 6.07. The lowest BCUT2D eigenvalue weighted by atomic mass is 10.1. The highest BCUT2D eigenvalue weighted by Gasteiger charge is 2.17. The van der Waals surface area contributed by atoms with Crippen LogP contribution in [0.5, 0.6) is 0 Å². The van der Waals surface area contributed by atoms with Crippen LogP contribution in [0.4, 0.5) is 0 Å². The molecule has 18 heavy (non-hydrogen) atoms. The Morgan fingerprint density at radius 2 is 2.33 bits per heavy atom. The number of ether oxygens (including phenoxy) is 1. The Hall–Kier alpha value is -1.53. The summed E-state index contributed by atoms with van der Waals surface area (Å²) in [7, 11) is 0. The van der Waals surface area contributed by atoms with Crippen molar-refractivity contribution < 1.29 is 4.74 Å². The first-order valence-corrected chi connectivity index (χ1v) is 6.35. The van der Waals surface area contributed by atoms with Crippen molar-refractivity contribution in [3.63, 3.8) is 0 Å². The number of H-pyrrole nitrogens is 1. The predicted molar refractivity (Wildman–Crippen MR) is 69.1 cm³/mol. The molecule has 92 valence electrons. The van der Waals surface area contributed by atoms with Gasteiger partial charge in [0.2, 0.25) is 0 Å². The molecule has 0 aliphatic carbocycles. The van der Waals surface area contributed by atoms with Gasteiger partial charge in [0.1, 0.15) is 5.69 Å². The quantitative estimate of drug-likeness (QED) is 0.870. The molecule has 2 aromatic heterocycles. The van der Waals surface area contributed by atoms with Crippen molar-refractivity contribution in [3.05, 3.63) is 44.4 Å². The zero-order valence-corrected chi connectivity index (χ0v) is 11.0. The van der Waals surface area contributed by atoms with Crippen LogP contribution < -0.4 is 5.56 Å². The van der Waals surface area contributed by atoms with Crippen LogP contribution in [-0.4, -0.2) is 21.6 Å². The van der Waals surface area contributed by atoms with Gasteiger partial charge in [-0.05, 0) is 28.1 Å². The number of hydrogen-bond donors (Lipinski definition) is 1. The zero-order valence-electron chi connectivity index (χ0n) is 9.44. The molecule has 0 amide bonds. The summed E-state index contributed by atoms with van der Waals surface area (Å²) in [5.74, 6) is 0.494. The maximum atomic E-state index is 12.0. The van der Waals surface area contributed by atoms with Crippen LogP contribution >= 0.6 is 15.9 Å². The molecular weight excluding hydrogens is 298 g/mol. The van der Waals surface area contributed by atoms with Gasteiger partial charge in [-0.2, -0.15) is 0 Å². The number of nitrogens with one attached hydrogen (secondary N) is 1. The van der Waals surface area contributed by atoms with E-state index < -0.39 is 0 Å². The van der Waals surface area contributed by atoms with Crippen molar-refractivity contribution >= 4 is 15.9 Å². The van der Waals surface area contributed by atoms with Crippen LogP contribution in [0.1, 0.15) is 11.3 Å². The molecule has 0 saturated carbocycles. The largest absolute Gasteiger partial charge is 0.376 e. The molecule has 5 nitrogen and oxygen atoms in total. The highest BCUT2D eigenvalue weighted by atomic mass is 79.9. The third-order valence-corrected chi connectivity index (χ3v) is 3.45. The van der Waals surface area contributed by atoms with E-state index in [4.69, 9.17) is 4.74 Å². The Morgan fingerprint density at radius 1 is 1.44 bits per heavy atom. The third kappa shape index (κ3) is 1.97. The second kappa shape index (κ2) is 4.62. The van der Waals surface area contributed by atoms with E-state index in [2.05, 4.69) is 30.9 Å². The molecule has 0 aromatic carbocycles. The van der Waals surface area contributed by atoms with E-state index in [9.17, 15) is 4.79 Å². The van der Waals surface area contributed by atoms with Crippen molar-refractivity contribution in [1.82, 2.24) is 15.0 Å². The minimum absolute atomic E-state index is 0.146. The lowest BCUT2D eigenvalue weighted by molar-refractivity contribution is 0.108. The normalized spacial score (nSPS) is 14.3. The lowest BCUT2D eigenvalue weighted by Crippen LogP contribution is -2.24. The average molecular weight is 308 g/mol. The van der Waals surface area contributed by atoms with Gasteiger partial charge in [0, 0.05) is 17.1 Å². The second-order valence-corrected chi connectivity index (χ2v) is 4.83. The first-order chi connectivity index (χ1) is 8.75. The Bertz CT molecular complexity index is 654. The fourth-order valence-corrected chi connectivity index (χ4v) is 2.36. The SMILES string of the molecule is O=c1[nH]c(-c2ncccc2Br)nc2c1COCC2. The van der Waals surface area contributed by atoms with Crippen molar-refractivity contribution in [2.24, 2.45) is 0 Å². The van der Waals surface area contributed by atoms with Gasteiger partial charge in [0.15, 0.2) is 5.82 Å². The minimum atomic E-state index is -0.146. The first-order valence-electron chi connectivity index (χ1n) is 5.56. The maximum Gasteiger partial charge on any atom is 0.257 e. The smallest absolute Gasteiger partial charge is 0.257 e. The van der Waals surface area contributed by atoms with E-state index in [1.807, 2.05) is 12.1 Å². The summed E-state index contributed by atoms with van der Waals surface area (Å²) in [6, 6.07) is 3.68. The summed E-state index contributed by atoms with van der Waals surface area (Å²) in [6.45, 7) is 0.938. The monoisotopic (exact) mass is 307 g/mol. The van der Waals surface area contributed by atoms with Crippen LogP contribution in [0.3, 0.4) is 0 Å². The fraction of sp³-hybridized carbons (Fsp3) is 0.250. The minimum Gasteiger partial charge on any atom is -0.376 e. The van der Waals surface area contributed by atoms with Gasteiger partial charge >= 0.3 is 0 Å². The van der Waals surface area contributed by atoms with Crippen molar-refractivity contribution in [2.75, 3.05) is 6.61 Å². The van der Waals surface area contributed by atoms with Gasteiger partial charge in [0.25, 0.3) is 5.56 Å². The van der Waals surface area contributed by atoms with Crippen LogP contribution in [0, 0.1) is 0 Å². The summed E-state index contributed by atoms with van der Waals surface area (Å²) in [5.41, 5.74) is 1.92. The molecule has 0 unspecified atom stereocenters. The summed E-state index contributed by atoms with van der Waals surface area (Å²) in [6.07, 6.45) is 2.33. The molecule has 0 bridgehead atoms. The van der Waals surface area contributed by atoms with E-state index in [0.717, 1.165) is 10.2 Å². The van der Waals surface area contributed by atoms with E-state index in [1.165, 1.54) is 0 Å². The number of halogens is 1. The number of nitrogens with zero attached hydrogens (tertiary/aromatic N) is 2. The van der Waals surface area contributed by atoms with Crippen LogP contribution in [0.25, 0.3) is 11.5 Å². The summed E-state index contributed by atoms with van der Waals surface area (Å²) >= 11 is 3.40. The van der Waals surface area contributed by atoms with E-state index >= 15 is 0 Å².